The van der Waals surface area contributed by atoms with Crippen molar-refractivity contribution in [1.29, 1.82) is 0 Å². The van der Waals surface area contributed by atoms with Gasteiger partial charge in [-0.3, -0.25) is 0 Å². The number of hydrogen-bond donors (Lipinski definition) is 0. The van der Waals surface area contributed by atoms with Crippen LogP contribution in [0.3, 0.4) is 0 Å². The molecule has 0 N–H and O–H groups in total. The Balaban J connectivity index is 2.41. The second kappa shape index (κ2) is 4.69. The lowest BCUT2D eigenvalue weighted by molar-refractivity contribution is 0.184. The summed E-state index contributed by atoms with van der Waals surface area (Å²) in [6, 6.07) is 2.26. The van der Waals surface area contributed by atoms with Crippen molar-refractivity contribution >= 4 is 23.2 Å². The molecule has 2 heterocycles. The number of rotatable bonds is 2. The zero-order valence-corrected chi connectivity index (χ0v) is 11.3. The first-order chi connectivity index (χ1) is 8.02. The van der Waals surface area contributed by atoms with Gasteiger partial charge in [0.1, 0.15) is 0 Å². The van der Waals surface area contributed by atoms with E-state index < -0.39 is 0 Å². The maximum Gasteiger partial charge on any atom is 0.161 e. The Morgan fingerprint density at radius 2 is 2.35 bits per heavy atom. The molecule has 0 amide bonds. The normalized spacial score (nSPS) is 20.3. The van der Waals surface area contributed by atoms with Crippen molar-refractivity contribution in [2.75, 3.05) is 13.2 Å². The van der Waals surface area contributed by atoms with E-state index in [4.69, 9.17) is 4.74 Å². The van der Waals surface area contributed by atoms with Crippen LogP contribution in [-0.2, 0) is 10.2 Å². The van der Waals surface area contributed by atoms with E-state index in [0.717, 1.165) is 24.5 Å². The number of ether oxygens (including phenoxy) is 1. The van der Waals surface area contributed by atoms with Gasteiger partial charge in [0.15, 0.2) is 5.82 Å². The maximum absolute atomic E-state index is 5.39. The van der Waals surface area contributed by atoms with E-state index in [-0.39, 0.29) is 11.5 Å². The Hall–Kier alpha value is -1.03. The van der Waals surface area contributed by atoms with Crippen LogP contribution < -0.4 is 0 Å². The van der Waals surface area contributed by atoms with Crippen LogP contribution in [0.25, 0.3) is 0 Å². The summed E-state index contributed by atoms with van der Waals surface area (Å²) in [5.74, 6) is 0.778. The lowest BCUT2D eigenvalue weighted by Crippen LogP contribution is -2.15. The van der Waals surface area contributed by atoms with Crippen LogP contribution in [0.2, 0.25) is 0 Å². The minimum Gasteiger partial charge on any atom is -0.379 e. The predicted octanol–water partition coefficient (Wildman–Crippen LogP) is 2.88. The van der Waals surface area contributed by atoms with Crippen molar-refractivity contribution in [2.45, 2.75) is 38.6 Å². The van der Waals surface area contributed by atoms with Gasteiger partial charge in [-0.15, -0.1) is 0 Å². The molecule has 2 rings (SSSR count). The van der Waals surface area contributed by atoms with Gasteiger partial charge in [-0.2, -0.15) is 10.1 Å². The van der Waals surface area contributed by atoms with Crippen molar-refractivity contribution < 1.29 is 4.74 Å². The number of nitrogens with zero attached hydrogens (tertiary/aromatic N) is 3. The van der Waals surface area contributed by atoms with E-state index in [2.05, 4.69) is 48.2 Å². The topological polar surface area (TPSA) is 39.4 Å². The van der Waals surface area contributed by atoms with Gasteiger partial charge < -0.3 is 4.74 Å². The van der Waals surface area contributed by atoms with Crippen LogP contribution >= 0.6 is 12.2 Å². The Kier molecular flexibility index (Phi) is 3.43. The molecule has 0 aliphatic carbocycles. The Bertz CT molecular complexity index is 449. The summed E-state index contributed by atoms with van der Waals surface area (Å²) < 4.78 is 7.31. The van der Waals surface area contributed by atoms with Gasteiger partial charge in [0.05, 0.1) is 23.5 Å². The maximum atomic E-state index is 5.39. The fourth-order valence-electron chi connectivity index (χ4n) is 1.87. The van der Waals surface area contributed by atoms with Crippen molar-refractivity contribution in [3.8, 4) is 0 Å². The van der Waals surface area contributed by atoms with Gasteiger partial charge in [-0.25, -0.2) is 4.68 Å². The van der Waals surface area contributed by atoms with Crippen LogP contribution in [0.1, 0.15) is 38.9 Å². The van der Waals surface area contributed by atoms with Crippen LogP contribution in [0.4, 0.5) is 5.82 Å². The van der Waals surface area contributed by atoms with Crippen LogP contribution in [0.5, 0.6) is 0 Å². The molecule has 1 atom stereocenters. The molecule has 0 saturated carbocycles. The van der Waals surface area contributed by atoms with Gasteiger partial charge in [0.2, 0.25) is 0 Å². The van der Waals surface area contributed by atoms with Crippen molar-refractivity contribution in [3.63, 3.8) is 0 Å². The fraction of sp³-hybridized carbons (Fsp3) is 0.667. The molecule has 1 aromatic rings. The molecule has 1 saturated heterocycles. The molecule has 1 fully saturated rings. The van der Waals surface area contributed by atoms with E-state index in [1.54, 1.807) is 0 Å². The summed E-state index contributed by atoms with van der Waals surface area (Å²) in [7, 11) is 0. The average molecular weight is 251 g/mol. The third-order valence-corrected chi connectivity index (χ3v) is 2.99. The standard InChI is InChI=1S/C12H17N3OS/c1-12(2,3)10-6-11(13-8-17)15(14-10)9-4-5-16-7-9/h6,9H,4-5,7H2,1-3H3/t9-/m0/s1. The molecule has 17 heavy (non-hydrogen) atoms. The van der Waals surface area contributed by atoms with Crippen LogP contribution in [0, 0.1) is 0 Å². The highest BCUT2D eigenvalue weighted by molar-refractivity contribution is 7.78. The van der Waals surface area contributed by atoms with E-state index in [0.29, 0.717) is 6.61 Å². The summed E-state index contributed by atoms with van der Waals surface area (Å²) in [4.78, 5) is 4.10. The van der Waals surface area contributed by atoms with E-state index in [1.807, 2.05) is 10.7 Å². The lowest BCUT2D eigenvalue weighted by Gasteiger charge is -2.15. The number of aliphatic imine (C=N–C) groups is 1. The van der Waals surface area contributed by atoms with Gasteiger partial charge in [-0.1, -0.05) is 20.8 Å². The fourth-order valence-corrected chi connectivity index (χ4v) is 1.96. The SMILES string of the molecule is CC(C)(C)c1cc(N=C=S)n([C@H]2CCOC2)n1. The molecule has 0 spiro atoms. The average Bonchev–Trinajstić information content (AvgIpc) is 2.83. The summed E-state index contributed by atoms with van der Waals surface area (Å²) >= 11 is 4.68. The smallest absolute Gasteiger partial charge is 0.161 e. The van der Waals surface area contributed by atoms with Crippen molar-refractivity contribution in [2.24, 2.45) is 4.99 Å². The third kappa shape index (κ3) is 2.63. The highest BCUT2D eigenvalue weighted by Gasteiger charge is 2.25. The lowest BCUT2D eigenvalue weighted by atomic mass is 9.92. The molecule has 0 aromatic carbocycles. The first kappa shape index (κ1) is 12.4. The molecule has 1 aliphatic heterocycles. The molecule has 0 radical (unpaired) electrons. The summed E-state index contributed by atoms with van der Waals surface area (Å²) in [5.41, 5.74) is 1.03. The molecule has 5 heteroatoms. The molecule has 92 valence electrons. The predicted molar refractivity (Wildman–Crippen MR) is 70.1 cm³/mol. The van der Waals surface area contributed by atoms with E-state index >= 15 is 0 Å². The largest absolute Gasteiger partial charge is 0.379 e. The molecular formula is C12H17N3OS. The second-order valence-corrected chi connectivity index (χ2v) is 5.49. The number of thiocarbonyl (C=S) groups is 1. The molecule has 4 nitrogen and oxygen atoms in total. The zero-order valence-electron chi connectivity index (χ0n) is 10.4. The minimum atomic E-state index is 0.0104. The van der Waals surface area contributed by atoms with Crippen LogP contribution in [-0.4, -0.2) is 28.2 Å². The highest BCUT2D eigenvalue weighted by Crippen LogP contribution is 2.30. The minimum absolute atomic E-state index is 0.0104. The highest BCUT2D eigenvalue weighted by atomic mass is 32.1. The number of isothiocyanates is 1. The van der Waals surface area contributed by atoms with E-state index in [1.165, 1.54) is 0 Å². The summed E-state index contributed by atoms with van der Waals surface area (Å²) in [6.07, 6.45) is 0.977. The van der Waals surface area contributed by atoms with Gasteiger partial charge in [-0.05, 0) is 18.6 Å². The first-order valence-corrected chi connectivity index (χ1v) is 6.19. The monoisotopic (exact) mass is 251 g/mol. The first-order valence-electron chi connectivity index (χ1n) is 5.78. The second-order valence-electron chi connectivity index (χ2n) is 5.30. The molecule has 1 aromatic heterocycles. The molecule has 0 bridgehead atoms. The number of hydrogen-bond acceptors (Lipinski definition) is 4. The summed E-state index contributed by atoms with van der Waals surface area (Å²) in [6.45, 7) is 7.89. The Morgan fingerprint density at radius 3 is 2.88 bits per heavy atom. The van der Waals surface area contributed by atoms with E-state index in [9.17, 15) is 0 Å². The van der Waals surface area contributed by atoms with Gasteiger partial charge >= 0.3 is 0 Å². The quantitative estimate of drug-likeness (QED) is 0.599. The molecule has 0 unspecified atom stereocenters. The Morgan fingerprint density at radius 1 is 1.59 bits per heavy atom. The van der Waals surface area contributed by atoms with Crippen LogP contribution in [0.15, 0.2) is 11.1 Å². The summed E-state index contributed by atoms with van der Waals surface area (Å²) in [5, 5.41) is 7.06. The number of aromatic nitrogens is 2. The van der Waals surface area contributed by atoms with Gasteiger partial charge in [0.25, 0.3) is 0 Å². The molecular weight excluding hydrogens is 234 g/mol. The molecule has 1 aliphatic rings. The van der Waals surface area contributed by atoms with Gasteiger partial charge in [0, 0.05) is 18.1 Å². The zero-order chi connectivity index (χ0) is 12.5. The third-order valence-electron chi connectivity index (χ3n) is 2.90. The van der Waals surface area contributed by atoms with Crippen molar-refractivity contribution in [3.05, 3.63) is 11.8 Å². The Labute approximate surface area is 107 Å². The van der Waals surface area contributed by atoms with Crippen molar-refractivity contribution in [1.82, 2.24) is 9.78 Å².